The van der Waals surface area contributed by atoms with Crippen LogP contribution in [0.25, 0.3) is 10.6 Å². The zero-order chi connectivity index (χ0) is 14.9. The molecule has 22 heavy (non-hydrogen) atoms. The molecule has 0 spiro atoms. The molecule has 6 heteroatoms. The number of morpholine rings is 1. The van der Waals surface area contributed by atoms with E-state index in [4.69, 9.17) is 9.72 Å². The summed E-state index contributed by atoms with van der Waals surface area (Å²) in [6.07, 6.45) is 9.49. The predicted molar refractivity (Wildman–Crippen MR) is 86.7 cm³/mol. The van der Waals surface area contributed by atoms with Crippen molar-refractivity contribution in [3.8, 4) is 10.6 Å². The Hall–Kier alpha value is -1.24. The van der Waals surface area contributed by atoms with Gasteiger partial charge in [-0.1, -0.05) is 12.8 Å². The molecule has 2 fully saturated rings. The fourth-order valence-electron chi connectivity index (χ4n) is 3.62. The van der Waals surface area contributed by atoms with E-state index in [0.717, 1.165) is 30.3 Å². The van der Waals surface area contributed by atoms with Crippen molar-refractivity contribution in [2.45, 2.75) is 44.4 Å². The summed E-state index contributed by atoms with van der Waals surface area (Å²) in [5.41, 5.74) is 2.28. The molecule has 4 rings (SSSR count). The molecular formula is C16H22N4OS. The highest BCUT2D eigenvalue weighted by molar-refractivity contribution is 7.13. The zero-order valence-corrected chi connectivity index (χ0v) is 13.8. The first-order valence-electron chi connectivity index (χ1n) is 8.09. The topological polar surface area (TPSA) is 43.2 Å². The second-order valence-electron chi connectivity index (χ2n) is 6.28. The van der Waals surface area contributed by atoms with Gasteiger partial charge in [0.25, 0.3) is 0 Å². The monoisotopic (exact) mass is 318 g/mol. The molecule has 0 bridgehead atoms. The van der Waals surface area contributed by atoms with Crippen LogP contribution in [0.5, 0.6) is 0 Å². The Labute approximate surface area is 134 Å². The zero-order valence-electron chi connectivity index (χ0n) is 12.9. The van der Waals surface area contributed by atoms with E-state index >= 15 is 0 Å². The number of nitrogens with zero attached hydrogens (tertiary/aromatic N) is 4. The first-order valence-corrected chi connectivity index (χ1v) is 8.96. The molecule has 2 atom stereocenters. The highest BCUT2D eigenvalue weighted by atomic mass is 32.1. The van der Waals surface area contributed by atoms with Crippen LogP contribution in [0, 0.1) is 0 Å². The Bertz CT molecular complexity index is 636. The molecule has 0 aromatic carbocycles. The van der Waals surface area contributed by atoms with Crippen LogP contribution < -0.4 is 0 Å². The number of ether oxygens (including phenoxy) is 1. The van der Waals surface area contributed by atoms with Gasteiger partial charge in [0.05, 0.1) is 24.6 Å². The molecule has 3 heterocycles. The van der Waals surface area contributed by atoms with Crippen LogP contribution >= 0.6 is 11.3 Å². The summed E-state index contributed by atoms with van der Waals surface area (Å²) in [7, 11) is 1.94. The lowest BCUT2D eigenvalue weighted by molar-refractivity contribution is -0.0914. The molecule has 2 aromatic rings. The van der Waals surface area contributed by atoms with Gasteiger partial charge in [0.2, 0.25) is 0 Å². The van der Waals surface area contributed by atoms with E-state index in [9.17, 15) is 0 Å². The quantitative estimate of drug-likeness (QED) is 0.873. The normalized spacial score (nSPS) is 26.0. The first-order chi connectivity index (χ1) is 10.8. The van der Waals surface area contributed by atoms with Crippen LogP contribution in [0.2, 0.25) is 0 Å². The van der Waals surface area contributed by atoms with Crippen LogP contribution in [0.1, 0.15) is 31.4 Å². The summed E-state index contributed by atoms with van der Waals surface area (Å²) >= 11 is 1.71. The molecule has 0 radical (unpaired) electrons. The summed E-state index contributed by atoms with van der Waals surface area (Å²) in [4.78, 5) is 7.39. The van der Waals surface area contributed by atoms with Crippen LogP contribution in [-0.4, -0.2) is 45.0 Å². The maximum absolute atomic E-state index is 5.96. The largest absolute Gasteiger partial charge is 0.375 e. The van der Waals surface area contributed by atoms with E-state index in [-0.39, 0.29) is 0 Å². The van der Waals surface area contributed by atoms with Gasteiger partial charge >= 0.3 is 0 Å². The molecule has 2 unspecified atom stereocenters. The molecular weight excluding hydrogens is 296 g/mol. The third-order valence-electron chi connectivity index (χ3n) is 4.72. The molecule has 0 amide bonds. The summed E-state index contributed by atoms with van der Waals surface area (Å²) in [6, 6.07) is 0.589. The van der Waals surface area contributed by atoms with Gasteiger partial charge in [-0.25, -0.2) is 4.98 Å². The van der Waals surface area contributed by atoms with Crippen molar-refractivity contribution < 1.29 is 4.74 Å². The van der Waals surface area contributed by atoms with Gasteiger partial charge in [-0.3, -0.25) is 9.58 Å². The lowest BCUT2D eigenvalue weighted by atomic mass is 9.90. The summed E-state index contributed by atoms with van der Waals surface area (Å²) in [5.74, 6) is 0. The number of aromatic nitrogens is 3. The van der Waals surface area contributed by atoms with Crippen LogP contribution in [-0.2, 0) is 18.3 Å². The van der Waals surface area contributed by atoms with Gasteiger partial charge < -0.3 is 4.74 Å². The fourth-order valence-corrected chi connectivity index (χ4v) is 4.41. The Morgan fingerprint density at radius 2 is 2.27 bits per heavy atom. The number of hydrogen-bond donors (Lipinski definition) is 0. The summed E-state index contributed by atoms with van der Waals surface area (Å²) in [6.45, 7) is 2.84. The highest BCUT2D eigenvalue weighted by Gasteiger charge is 2.34. The molecule has 1 saturated heterocycles. The van der Waals surface area contributed by atoms with Crippen LogP contribution in [0.3, 0.4) is 0 Å². The van der Waals surface area contributed by atoms with Crippen molar-refractivity contribution in [1.82, 2.24) is 19.7 Å². The average Bonchev–Trinajstić information content (AvgIpc) is 3.17. The van der Waals surface area contributed by atoms with Crippen LogP contribution in [0.15, 0.2) is 17.8 Å². The van der Waals surface area contributed by atoms with E-state index in [1.165, 1.54) is 31.4 Å². The van der Waals surface area contributed by atoms with Gasteiger partial charge in [0, 0.05) is 43.3 Å². The van der Waals surface area contributed by atoms with Crippen molar-refractivity contribution in [2.75, 3.05) is 13.2 Å². The Morgan fingerprint density at radius 3 is 3.14 bits per heavy atom. The van der Waals surface area contributed by atoms with Gasteiger partial charge in [0.1, 0.15) is 5.01 Å². The number of thiazole rings is 1. The maximum atomic E-state index is 5.96. The summed E-state index contributed by atoms with van der Waals surface area (Å²) in [5, 5.41) is 7.48. The van der Waals surface area contributed by atoms with Crippen molar-refractivity contribution in [3.63, 3.8) is 0 Å². The molecule has 1 aliphatic heterocycles. The number of aryl methyl sites for hydroxylation is 1. The van der Waals surface area contributed by atoms with Crippen molar-refractivity contribution >= 4 is 11.3 Å². The van der Waals surface area contributed by atoms with Crippen molar-refractivity contribution in [2.24, 2.45) is 7.05 Å². The lowest BCUT2D eigenvalue weighted by Gasteiger charge is -2.43. The van der Waals surface area contributed by atoms with E-state index in [0.29, 0.717) is 12.1 Å². The number of rotatable bonds is 3. The predicted octanol–water partition coefficient (Wildman–Crippen LogP) is 2.69. The second kappa shape index (κ2) is 6.10. The van der Waals surface area contributed by atoms with E-state index < -0.39 is 0 Å². The lowest BCUT2D eigenvalue weighted by Crippen LogP contribution is -2.52. The molecule has 2 aliphatic rings. The van der Waals surface area contributed by atoms with Crippen molar-refractivity contribution in [3.05, 3.63) is 23.5 Å². The SMILES string of the molecule is Cn1cc(-c2nc(CN3CCOC4CCCCC43)cs2)cn1. The van der Waals surface area contributed by atoms with Crippen LogP contribution in [0.4, 0.5) is 0 Å². The molecule has 118 valence electrons. The molecule has 1 aliphatic carbocycles. The van der Waals surface area contributed by atoms with Gasteiger partial charge in [-0.2, -0.15) is 5.10 Å². The van der Waals surface area contributed by atoms with E-state index in [2.05, 4.69) is 15.4 Å². The molecule has 5 nitrogen and oxygen atoms in total. The molecule has 1 saturated carbocycles. The average molecular weight is 318 g/mol. The third-order valence-corrected chi connectivity index (χ3v) is 5.66. The highest BCUT2D eigenvalue weighted by Crippen LogP contribution is 2.30. The Balaban J connectivity index is 1.47. The van der Waals surface area contributed by atoms with Crippen molar-refractivity contribution in [1.29, 1.82) is 0 Å². The smallest absolute Gasteiger partial charge is 0.126 e. The first kappa shape index (κ1) is 14.4. The Kier molecular flexibility index (Phi) is 3.98. The molecule has 0 N–H and O–H groups in total. The maximum Gasteiger partial charge on any atom is 0.126 e. The van der Waals surface area contributed by atoms with E-state index in [1.54, 1.807) is 11.3 Å². The Morgan fingerprint density at radius 1 is 1.36 bits per heavy atom. The third kappa shape index (κ3) is 2.83. The number of hydrogen-bond acceptors (Lipinski definition) is 5. The molecule has 2 aromatic heterocycles. The minimum atomic E-state index is 0.443. The van der Waals surface area contributed by atoms with Gasteiger partial charge in [-0.05, 0) is 12.8 Å². The standard InChI is InChI=1S/C16H22N4OS/c1-19-9-12(8-17-19)16-18-13(11-22-16)10-20-6-7-21-15-5-3-2-4-14(15)20/h8-9,11,14-15H,2-7,10H2,1H3. The van der Waals surface area contributed by atoms with Gasteiger partial charge in [0.15, 0.2) is 0 Å². The van der Waals surface area contributed by atoms with E-state index in [1.807, 2.05) is 24.1 Å². The van der Waals surface area contributed by atoms with Gasteiger partial charge in [-0.15, -0.1) is 11.3 Å². The fraction of sp³-hybridized carbons (Fsp3) is 0.625. The second-order valence-corrected chi connectivity index (χ2v) is 7.14. The minimum absolute atomic E-state index is 0.443. The minimum Gasteiger partial charge on any atom is -0.375 e. The summed E-state index contributed by atoms with van der Waals surface area (Å²) < 4.78 is 7.78. The number of fused-ring (bicyclic) bond motifs is 1.